The molecule has 2 saturated carbocycles. The van der Waals surface area contributed by atoms with E-state index >= 15 is 0 Å². The molecule has 21 heavy (non-hydrogen) atoms. The molecular formula is C18H24FNO. The molecule has 0 spiro atoms. The smallest absolute Gasteiger partial charge is 0.230 e. The fourth-order valence-corrected chi connectivity index (χ4v) is 3.69. The number of carbonyl (C=O) groups is 1. The second kappa shape index (κ2) is 6.17. The molecule has 0 heterocycles. The van der Waals surface area contributed by atoms with E-state index in [0.717, 1.165) is 37.7 Å². The minimum atomic E-state index is -0.403. The van der Waals surface area contributed by atoms with E-state index in [2.05, 4.69) is 5.32 Å². The van der Waals surface area contributed by atoms with Gasteiger partial charge in [0, 0.05) is 6.04 Å². The van der Waals surface area contributed by atoms with E-state index in [1.165, 1.54) is 37.8 Å². The lowest BCUT2D eigenvalue weighted by molar-refractivity contribution is -0.130. The van der Waals surface area contributed by atoms with Crippen LogP contribution in [0.4, 0.5) is 4.39 Å². The Bertz CT molecular complexity index is 484. The number of hydrogen-bond donors (Lipinski definition) is 1. The fraction of sp³-hybridized carbons (Fsp3) is 0.611. The van der Waals surface area contributed by atoms with Crippen LogP contribution in [-0.4, -0.2) is 11.9 Å². The molecule has 3 rings (SSSR count). The van der Waals surface area contributed by atoms with Crippen molar-refractivity contribution in [3.63, 3.8) is 0 Å². The molecule has 1 aromatic carbocycles. The van der Waals surface area contributed by atoms with Crippen molar-refractivity contribution < 1.29 is 9.18 Å². The van der Waals surface area contributed by atoms with Crippen LogP contribution in [0.2, 0.25) is 0 Å². The molecule has 1 aromatic rings. The number of carbonyl (C=O) groups excluding carboxylic acids is 1. The van der Waals surface area contributed by atoms with Gasteiger partial charge in [-0.05, 0) is 43.4 Å². The summed E-state index contributed by atoms with van der Waals surface area (Å²) in [5, 5.41) is 3.28. The average molecular weight is 289 g/mol. The van der Waals surface area contributed by atoms with Crippen molar-refractivity contribution in [3.8, 4) is 0 Å². The predicted octanol–water partition coefficient (Wildman–Crippen LogP) is 4.09. The third kappa shape index (κ3) is 2.97. The summed E-state index contributed by atoms with van der Waals surface area (Å²) >= 11 is 0. The molecule has 2 fully saturated rings. The second-order valence-electron chi connectivity index (χ2n) is 6.60. The maximum absolute atomic E-state index is 13.1. The molecule has 0 atom stereocenters. The maximum Gasteiger partial charge on any atom is 0.230 e. The summed E-state index contributed by atoms with van der Waals surface area (Å²) in [7, 11) is 0. The van der Waals surface area contributed by atoms with E-state index in [4.69, 9.17) is 0 Å². The van der Waals surface area contributed by atoms with Crippen LogP contribution >= 0.6 is 0 Å². The van der Waals surface area contributed by atoms with Gasteiger partial charge >= 0.3 is 0 Å². The summed E-state index contributed by atoms with van der Waals surface area (Å²) in [5.74, 6) is -0.0790. The highest BCUT2D eigenvalue weighted by Crippen LogP contribution is 2.44. The van der Waals surface area contributed by atoms with E-state index in [0.29, 0.717) is 6.04 Å². The zero-order chi connectivity index (χ0) is 14.7. The summed E-state index contributed by atoms with van der Waals surface area (Å²) in [4.78, 5) is 12.8. The SMILES string of the molecule is O=C(NC1CCCCCC1)C1(c2ccc(F)cc2)CCC1. The van der Waals surface area contributed by atoms with Crippen molar-refractivity contribution >= 4 is 5.91 Å². The number of benzene rings is 1. The first-order valence-corrected chi connectivity index (χ1v) is 8.28. The third-order valence-corrected chi connectivity index (χ3v) is 5.23. The number of amides is 1. The summed E-state index contributed by atoms with van der Waals surface area (Å²) in [6, 6.07) is 6.82. The summed E-state index contributed by atoms with van der Waals surface area (Å²) in [6.07, 6.45) is 10.1. The molecule has 0 bridgehead atoms. The molecule has 1 N–H and O–H groups in total. The van der Waals surface area contributed by atoms with Gasteiger partial charge in [0.2, 0.25) is 5.91 Å². The van der Waals surface area contributed by atoms with Gasteiger partial charge in [-0.1, -0.05) is 44.2 Å². The van der Waals surface area contributed by atoms with Gasteiger partial charge in [-0.3, -0.25) is 4.79 Å². The van der Waals surface area contributed by atoms with Crippen molar-refractivity contribution in [1.82, 2.24) is 5.32 Å². The Hall–Kier alpha value is -1.38. The van der Waals surface area contributed by atoms with E-state index in [9.17, 15) is 9.18 Å². The first-order valence-electron chi connectivity index (χ1n) is 8.28. The topological polar surface area (TPSA) is 29.1 Å². The lowest BCUT2D eigenvalue weighted by atomic mass is 9.63. The molecule has 0 radical (unpaired) electrons. The average Bonchev–Trinajstić information content (AvgIpc) is 2.68. The van der Waals surface area contributed by atoms with Gasteiger partial charge < -0.3 is 5.32 Å². The lowest BCUT2D eigenvalue weighted by Gasteiger charge is -2.41. The Morgan fingerprint density at radius 2 is 1.62 bits per heavy atom. The zero-order valence-electron chi connectivity index (χ0n) is 12.5. The first kappa shape index (κ1) is 14.6. The Morgan fingerprint density at radius 1 is 1.00 bits per heavy atom. The fourth-order valence-electron chi connectivity index (χ4n) is 3.69. The zero-order valence-corrected chi connectivity index (χ0v) is 12.5. The molecule has 1 amide bonds. The Morgan fingerprint density at radius 3 is 2.14 bits per heavy atom. The summed E-state index contributed by atoms with van der Waals surface area (Å²) in [6.45, 7) is 0. The third-order valence-electron chi connectivity index (χ3n) is 5.23. The maximum atomic E-state index is 13.1. The van der Waals surface area contributed by atoms with Crippen molar-refractivity contribution in [2.45, 2.75) is 69.2 Å². The van der Waals surface area contributed by atoms with Crippen molar-refractivity contribution in [2.24, 2.45) is 0 Å². The van der Waals surface area contributed by atoms with Crippen LogP contribution < -0.4 is 5.32 Å². The normalized spacial score (nSPS) is 22.1. The molecule has 0 saturated heterocycles. The highest BCUT2D eigenvalue weighted by atomic mass is 19.1. The van der Waals surface area contributed by atoms with E-state index in [1.54, 1.807) is 12.1 Å². The second-order valence-corrected chi connectivity index (χ2v) is 6.60. The number of nitrogens with one attached hydrogen (secondary N) is 1. The molecule has 2 nitrogen and oxygen atoms in total. The minimum absolute atomic E-state index is 0.159. The van der Waals surface area contributed by atoms with Crippen molar-refractivity contribution in [1.29, 1.82) is 0 Å². The van der Waals surface area contributed by atoms with Gasteiger partial charge in [-0.15, -0.1) is 0 Å². The molecule has 0 unspecified atom stereocenters. The van der Waals surface area contributed by atoms with Gasteiger partial charge in [-0.25, -0.2) is 4.39 Å². The van der Waals surface area contributed by atoms with Crippen LogP contribution in [0, 0.1) is 5.82 Å². The van der Waals surface area contributed by atoms with Gasteiger partial charge in [0.1, 0.15) is 5.82 Å². The van der Waals surface area contributed by atoms with Gasteiger partial charge in [-0.2, -0.15) is 0 Å². The predicted molar refractivity (Wildman–Crippen MR) is 81.6 cm³/mol. The molecule has 3 heteroatoms. The lowest BCUT2D eigenvalue weighted by Crippen LogP contribution is -2.52. The number of halogens is 1. The van der Waals surface area contributed by atoms with Crippen LogP contribution in [0.15, 0.2) is 24.3 Å². The molecule has 114 valence electrons. The Labute approximate surface area is 126 Å². The van der Waals surface area contributed by atoms with Crippen molar-refractivity contribution in [3.05, 3.63) is 35.6 Å². The Balaban J connectivity index is 1.72. The Kier molecular flexibility index (Phi) is 4.27. The van der Waals surface area contributed by atoms with Crippen LogP contribution in [0.25, 0.3) is 0 Å². The van der Waals surface area contributed by atoms with E-state index < -0.39 is 5.41 Å². The summed E-state index contributed by atoms with van der Waals surface area (Å²) in [5.41, 5.74) is 0.571. The largest absolute Gasteiger partial charge is 0.353 e. The molecule has 2 aliphatic rings. The number of rotatable bonds is 3. The minimum Gasteiger partial charge on any atom is -0.353 e. The van der Waals surface area contributed by atoms with Crippen LogP contribution in [0.5, 0.6) is 0 Å². The molecule has 0 aromatic heterocycles. The molecular weight excluding hydrogens is 265 g/mol. The number of hydrogen-bond acceptors (Lipinski definition) is 1. The highest BCUT2D eigenvalue weighted by molar-refractivity contribution is 5.89. The molecule has 0 aliphatic heterocycles. The van der Waals surface area contributed by atoms with Crippen LogP contribution in [0.3, 0.4) is 0 Å². The highest BCUT2D eigenvalue weighted by Gasteiger charge is 2.46. The summed E-state index contributed by atoms with van der Waals surface area (Å²) < 4.78 is 13.1. The molecule has 2 aliphatic carbocycles. The van der Waals surface area contributed by atoms with Crippen molar-refractivity contribution in [2.75, 3.05) is 0 Å². The monoisotopic (exact) mass is 289 g/mol. The quantitative estimate of drug-likeness (QED) is 0.834. The van der Waals surface area contributed by atoms with Gasteiger partial charge in [0.15, 0.2) is 0 Å². The first-order chi connectivity index (χ1) is 10.2. The standard InChI is InChI=1S/C18H24FNO/c19-15-10-8-14(9-11-15)18(12-5-13-18)17(21)20-16-6-3-1-2-4-7-16/h8-11,16H,1-7,12-13H2,(H,20,21). The van der Waals surface area contributed by atoms with E-state index in [1.807, 2.05) is 0 Å². The van der Waals surface area contributed by atoms with E-state index in [-0.39, 0.29) is 11.7 Å². The van der Waals surface area contributed by atoms with Crippen LogP contribution in [-0.2, 0) is 10.2 Å². The van der Waals surface area contributed by atoms with Gasteiger partial charge in [0.05, 0.1) is 5.41 Å². The van der Waals surface area contributed by atoms with Gasteiger partial charge in [0.25, 0.3) is 0 Å². The van der Waals surface area contributed by atoms with Crippen LogP contribution in [0.1, 0.15) is 63.4 Å².